The van der Waals surface area contributed by atoms with Crippen LogP contribution in [0, 0.1) is 11.8 Å². The molecule has 0 bridgehead atoms. The van der Waals surface area contributed by atoms with E-state index in [-0.39, 0.29) is 16.8 Å². The summed E-state index contributed by atoms with van der Waals surface area (Å²) in [5.41, 5.74) is 6.41. The Hall–Kier alpha value is -1.49. The van der Waals surface area contributed by atoms with Crippen LogP contribution in [0.15, 0.2) is 24.5 Å². The van der Waals surface area contributed by atoms with E-state index in [0.717, 1.165) is 5.69 Å². The Morgan fingerprint density at radius 2 is 1.94 bits per heavy atom. The molecule has 0 fully saturated rings. The van der Waals surface area contributed by atoms with E-state index in [1.54, 1.807) is 36.5 Å². The van der Waals surface area contributed by atoms with Crippen LogP contribution in [0.1, 0.15) is 13.8 Å². The van der Waals surface area contributed by atoms with Gasteiger partial charge in [0.1, 0.15) is 0 Å². The van der Waals surface area contributed by atoms with Gasteiger partial charge in [0, 0.05) is 25.1 Å². The molecule has 0 radical (unpaired) electrons. The van der Waals surface area contributed by atoms with Gasteiger partial charge in [0.15, 0.2) is 0 Å². The highest BCUT2D eigenvalue weighted by atomic mass is 32.1. The smallest absolute Gasteiger partial charge is 0.236 e. The molecule has 1 atom stereocenters. The second kappa shape index (κ2) is 5.72. The summed E-state index contributed by atoms with van der Waals surface area (Å²) in [5, 5.41) is 0. The third-order valence-corrected chi connectivity index (χ3v) is 2.87. The van der Waals surface area contributed by atoms with E-state index in [1.165, 1.54) is 0 Å². The van der Waals surface area contributed by atoms with Gasteiger partial charge in [-0.2, -0.15) is 0 Å². The summed E-state index contributed by atoms with van der Waals surface area (Å²) in [6.45, 7) is 3.87. The zero-order valence-electron chi connectivity index (χ0n) is 10.3. The topological polar surface area (TPSA) is 59.2 Å². The summed E-state index contributed by atoms with van der Waals surface area (Å²) in [6.07, 6.45) is 3.29. The molecular formula is C12H17N3OS. The third-order valence-electron chi connectivity index (χ3n) is 2.62. The lowest BCUT2D eigenvalue weighted by atomic mass is 9.94. The Morgan fingerprint density at radius 3 is 2.35 bits per heavy atom. The van der Waals surface area contributed by atoms with E-state index in [1.807, 2.05) is 13.8 Å². The molecule has 1 amide bonds. The first-order valence-corrected chi connectivity index (χ1v) is 5.83. The van der Waals surface area contributed by atoms with Crippen LogP contribution < -0.4 is 10.6 Å². The maximum atomic E-state index is 12.3. The SMILES string of the molecule is CC(C)C(C(=O)N(C)c1ccncc1)C(N)=S. The quantitative estimate of drug-likeness (QED) is 0.826. The molecule has 1 rings (SSSR count). The van der Waals surface area contributed by atoms with E-state index in [9.17, 15) is 4.79 Å². The fourth-order valence-electron chi connectivity index (χ4n) is 1.64. The van der Waals surface area contributed by atoms with Gasteiger partial charge in [-0.25, -0.2) is 0 Å². The number of hydrogen-bond acceptors (Lipinski definition) is 3. The lowest BCUT2D eigenvalue weighted by molar-refractivity contribution is -0.121. The van der Waals surface area contributed by atoms with Crippen molar-refractivity contribution < 1.29 is 4.79 Å². The van der Waals surface area contributed by atoms with Crippen LogP contribution in [0.2, 0.25) is 0 Å². The first kappa shape index (κ1) is 13.6. The van der Waals surface area contributed by atoms with Crippen LogP contribution in [0.25, 0.3) is 0 Å². The van der Waals surface area contributed by atoms with Crippen molar-refractivity contribution in [3.8, 4) is 0 Å². The zero-order chi connectivity index (χ0) is 13.0. The highest BCUT2D eigenvalue weighted by Crippen LogP contribution is 2.18. The molecule has 0 aliphatic carbocycles. The molecule has 5 heteroatoms. The summed E-state index contributed by atoms with van der Waals surface area (Å²) >= 11 is 4.96. The van der Waals surface area contributed by atoms with Crippen LogP contribution >= 0.6 is 12.2 Å². The van der Waals surface area contributed by atoms with E-state index < -0.39 is 5.92 Å². The van der Waals surface area contributed by atoms with Gasteiger partial charge < -0.3 is 10.6 Å². The van der Waals surface area contributed by atoms with E-state index in [4.69, 9.17) is 18.0 Å². The van der Waals surface area contributed by atoms with Crippen LogP contribution in [-0.2, 0) is 4.79 Å². The van der Waals surface area contributed by atoms with Gasteiger partial charge in [-0.15, -0.1) is 0 Å². The molecule has 0 aliphatic heterocycles. The molecule has 0 spiro atoms. The summed E-state index contributed by atoms with van der Waals surface area (Å²) in [7, 11) is 1.71. The van der Waals surface area contributed by atoms with Crippen molar-refractivity contribution in [3.63, 3.8) is 0 Å². The molecule has 2 N–H and O–H groups in total. The summed E-state index contributed by atoms with van der Waals surface area (Å²) in [6, 6.07) is 3.55. The standard InChI is InChI=1S/C12H17N3OS/c1-8(2)10(11(13)17)12(16)15(3)9-4-6-14-7-5-9/h4-8,10H,1-3H3,(H2,13,17). The zero-order valence-corrected chi connectivity index (χ0v) is 11.1. The average Bonchev–Trinajstić information content (AvgIpc) is 2.28. The Labute approximate surface area is 107 Å². The molecule has 1 unspecified atom stereocenters. The van der Waals surface area contributed by atoms with Gasteiger partial charge in [0.05, 0.1) is 10.9 Å². The second-order valence-corrected chi connectivity index (χ2v) is 4.70. The minimum absolute atomic E-state index is 0.0845. The Bertz CT molecular complexity index is 405. The van der Waals surface area contributed by atoms with Gasteiger partial charge >= 0.3 is 0 Å². The average molecular weight is 251 g/mol. The number of anilines is 1. The van der Waals surface area contributed by atoms with Gasteiger partial charge in [0.25, 0.3) is 0 Å². The number of nitrogens with two attached hydrogens (primary N) is 1. The highest BCUT2D eigenvalue weighted by molar-refractivity contribution is 7.80. The maximum Gasteiger partial charge on any atom is 0.236 e. The number of pyridine rings is 1. The van der Waals surface area contributed by atoms with Crippen LogP contribution in [0.3, 0.4) is 0 Å². The van der Waals surface area contributed by atoms with Gasteiger partial charge in [-0.3, -0.25) is 9.78 Å². The minimum atomic E-state index is -0.428. The lowest BCUT2D eigenvalue weighted by Crippen LogP contribution is -2.41. The molecule has 0 aromatic carbocycles. The van der Waals surface area contributed by atoms with Crippen molar-refractivity contribution in [2.45, 2.75) is 13.8 Å². The number of hydrogen-bond donors (Lipinski definition) is 1. The predicted molar refractivity (Wildman–Crippen MR) is 72.8 cm³/mol. The number of amides is 1. The van der Waals surface area contributed by atoms with E-state index >= 15 is 0 Å². The van der Waals surface area contributed by atoms with E-state index in [0.29, 0.717) is 0 Å². The summed E-state index contributed by atoms with van der Waals surface area (Å²) in [4.78, 5) is 18.0. The number of carbonyl (C=O) groups is 1. The lowest BCUT2D eigenvalue weighted by Gasteiger charge is -2.25. The van der Waals surface area contributed by atoms with Crippen molar-refractivity contribution in [1.82, 2.24) is 4.98 Å². The molecule has 0 saturated heterocycles. The highest BCUT2D eigenvalue weighted by Gasteiger charge is 2.28. The number of rotatable bonds is 4. The second-order valence-electron chi connectivity index (χ2n) is 4.23. The minimum Gasteiger partial charge on any atom is -0.393 e. The number of thiocarbonyl (C=S) groups is 1. The maximum absolute atomic E-state index is 12.3. The molecule has 92 valence electrons. The fraction of sp³-hybridized carbons (Fsp3) is 0.417. The van der Waals surface area contributed by atoms with E-state index in [2.05, 4.69) is 4.98 Å². The normalized spacial score (nSPS) is 12.2. The Kier molecular flexibility index (Phi) is 4.57. The molecule has 1 heterocycles. The molecule has 0 saturated carbocycles. The van der Waals surface area contributed by atoms with Crippen LogP contribution in [0.5, 0.6) is 0 Å². The third kappa shape index (κ3) is 3.23. The van der Waals surface area contributed by atoms with Gasteiger partial charge in [-0.05, 0) is 18.1 Å². The van der Waals surface area contributed by atoms with Crippen molar-refractivity contribution >= 4 is 28.8 Å². The largest absolute Gasteiger partial charge is 0.393 e. The number of carbonyl (C=O) groups excluding carboxylic acids is 1. The monoisotopic (exact) mass is 251 g/mol. The summed E-state index contributed by atoms with van der Waals surface area (Å²) in [5.74, 6) is -0.425. The van der Waals surface area contributed by atoms with Gasteiger partial charge in [0.2, 0.25) is 5.91 Å². The first-order valence-electron chi connectivity index (χ1n) is 5.42. The fourth-order valence-corrected chi connectivity index (χ4v) is 2.01. The number of nitrogens with zero attached hydrogens (tertiary/aromatic N) is 2. The van der Waals surface area contributed by atoms with Crippen molar-refractivity contribution in [3.05, 3.63) is 24.5 Å². The molecule has 1 aromatic heterocycles. The molecule has 4 nitrogen and oxygen atoms in total. The predicted octanol–water partition coefficient (Wildman–Crippen LogP) is 1.60. The molecular weight excluding hydrogens is 234 g/mol. The van der Waals surface area contributed by atoms with Crippen molar-refractivity contribution in [2.24, 2.45) is 17.6 Å². The first-order chi connectivity index (χ1) is 7.95. The van der Waals surface area contributed by atoms with Crippen molar-refractivity contribution in [2.75, 3.05) is 11.9 Å². The Morgan fingerprint density at radius 1 is 1.41 bits per heavy atom. The van der Waals surface area contributed by atoms with Crippen LogP contribution in [0.4, 0.5) is 5.69 Å². The summed E-state index contributed by atoms with van der Waals surface area (Å²) < 4.78 is 0. The van der Waals surface area contributed by atoms with Crippen molar-refractivity contribution in [1.29, 1.82) is 0 Å². The molecule has 0 aliphatic rings. The molecule has 17 heavy (non-hydrogen) atoms. The number of aromatic nitrogens is 1. The van der Waals surface area contributed by atoms with Gasteiger partial charge in [-0.1, -0.05) is 26.1 Å². The Balaban J connectivity index is 2.92. The van der Waals surface area contributed by atoms with Crippen LogP contribution in [-0.4, -0.2) is 22.9 Å². The molecule has 1 aromatic rings.